The molecule has 0 aliphatic heterocycles. The van der Waals surface area contributed by atoms with Gasteiger partial charge in [-0.05, 0) is 32.9 Å². The van der Waals surface area contributed by atoms with Gasteiger partial charge in [-0.15, -0.1) is 0 Å². The lowest BCUT2D eigenvalue weighted by Gasteiger charge is -2.20. The minimum atomic E-state index is 0.0752. The summed E-state index contributed by atoms with van der Waals surface area (Å²) >= 11 is 0. The maximum Gasteiger partial charge on any atom is 0.264 e. The quantitative estimate of drug-likeness (QED) is 0.881. The predicted octanol–water partition coefficient (Wildman–Crippen LogP) is 2.49. The Labute approximate surface area is 124 Å². The van der Waals surface area contributed by atoms with Gasteiger partial charge in [0.05, 0.1) is 11.9 Å². The number of aryl methyl sites for hydroxylation is 1. The van der Waals surface area contributed by atoms with Crippen LogP contribution < -0.4 is 10.1 Å². The van der Waals surface area contributed by atoms with Gasteiger partial charge in [0.25, 0.3) is 5.89 Å². The molecule has 0 bridgehead atoms. The fraction of sp³-hybridized carbons (Fsp3) is 0.533. The molecule has 0 radical (unpaired) electrons. The van der Waals surface area contributed by atoms with Crippen molar-refractivity contribution in [3.05, 3.63) is 35.7 Å². The molecule has 6 heteroatoms. The topological polar surface area (TPSA) is 73.1 Å². The number of hydrogen-bond donors (Lipinski definition) is 1. The number of hydrogen-bond acceptors (Lipinski definition) is 6. The number of rotatable bonds is 6. The molecule has 0 aromatic carbocycles. The second-order valence-electron chi connectivity index (χ2n) is 5.84. The highest BCUT2D eigenvalue weighted by molar-refractivity contribution is 5.20. The highest BCUT2D eigenvalue weighted by Gasteiger charge is 2.09. The first-order chi connectivity index (χ1) is 9.96. The Morgan fingerprint density at radius 1 is 1.29 bits per heavy atom. The van der Waals surface area contributed by atoms with Gasteiger partial charge in [0.1, 0.15) is 5.75 Å². The van der Waals surface area contributed by atoms with Crippen LogP contribution >= 0.6 is 0 Å². The molecule has 2 aromatic heterocycles. The SMILES string of the molecule is CCc1noc(COc2ccc(CNC(C)(C)C)nc2)n1. The molecule has 0 amide bonds. The van der Waals surface area contributed by atoms with E-state index in [4.69, 9.17) is 9.26 Å². The van der Waals surface area contributed by atoms with Crippen molar-refractivity contribution in [1.82, 2.24) is 20.4 Å². The van der Waals surface area contributed by atoms with Crippen LogP contribution in [0, 0.1) is 0 Å². The van der Waals surface area contributed by atoms with E-state index in [0.29, 0.717) is 17.5 Å². The van der Waals surface area contributed by atoms with E-state index in [2.05, 4.69) is 41.2 Å². The van der Waals surface area contributed by atoms with E-state index in [0.717, 1.165) is 18.7 Å². The van der Waals surface area contributed by atoms with Crippen LogP contribution in [-0.4, -0.2) is 20.7 Å². The van der Waals surface area contributed by atoms with Crippen molar-refractivity contribution in [2.45, 2.75) is 52.8 Å². The molecule has 2 rings (SSSR count). The van der Waals surface area contributed by atoms with E-state index in [1.807, 2.05) is 19.1 Å². The number of nitrogens with zero attached hydrogens (tertiary/aromatic N) is 3. The van der Waals surface area contributed by atoms with Crippen LogP contribution in [-0.2, 0) is 19.6 Å². The summed E-state index contributed by atoms with van der Waals surface area (Å²) in [5, 5.41) is 7.21. The Hall–Kier alpha value is -1.95. The molecule has 0 aliphatic rings. The number of nitrogens with one attached hydrogen (secondary N) is 1. The molecular formula is C15H22N4O2. The molecule has 0 fully saturated rings. The van der Waals surface area contributed by atoms with Gasteiger partial charge in [-0.1, -0.05) is 12.1 Å². The molecule has 0 unspecified atom stereocenters. The molecule has 0 saturated carbocycles. The van der Waals surface area contributed by atoms with Crippen molar-refractivity contribution in [1.29, 1.82) is 0 Å². The molecule has 6 nitrogen and oxygen atoms in total. The second kappa shape index (κ2) is 6.67. The van der Waals surface area contributed by atoms with Gasteiger partial charge in [-0.3, -0.25) is 4.98 Å². The standard InChI is InChI=1S/C15H22N4O2/c1-5-13-18-14(21-19-13)10-20-12-7-6-11(16-9-12)8-17-15(2,3)4/h6-7,9,17H,5,8,10H2,1-4H3. The first-order valence-electron chi connectivity index (χ1n) is 7.10. The maximum atomic E-state index is 5.57. The summed E-state index contributed by atoms with van der Waals surface area (Å²) in [4.78, 5) is 8.55. The fourth-order valence-corrected chi connectivity index (χ4v) is 1.59. The Bertz CT molecular complexity index is 558. The van der Waals surface area contributed by atoms with Crippen molar-refractivity contribution >= 4 is 0 Å². The summed E-state index contributed by atoms with van der Waals surface area (Å²) < 4.78 is 10.6. The van der Waals surface area contributed by atoms with Gasteiger partial charge in [-0.2, -0.15) is 4.98 Å². The van der Waals surface area contributed by atoms with Gasteiger partial charge < -0.3 is 14.6 Å². The molecule has 2 heterocycles. The van der Waals surface area contributed by atoms with Crippen LogP contribution in [0.2, 0.25) is 0 Å². The molecule has 2 aromatic rings. The third-order valence-electron chi connectivity index (χ3n) is 2.79. The van der Waals surface area contributed by atoms with E-state index in [1.165, 1.54) is 0 Å². The Balaban J connectivity index is 1.84. The van der Waals surface area contributed by atoms with Crippen LogP contribution in [0.25, 0.3) is 0 Å². The van der Waals surface area contributed by atoms with Crippen LogP contribution in [0.5, 0.6) is 5.75 Å². The summed E-state index contributed by atoms with van der Waals surface area (Å²) in [6, 6.07) is 3.84. The first kappa shape index (κ1) is 15.4. The summed E-state index contributed by atoms with van der Waals surface area (Å²) in [5.41, 5.74) is 1.05. The highest BCUT2D eigenvalue weighted by Crippen LogP contribution is 2.12. The maximum absolute atomic E-state index is 5.57. The lowest BCUT2D eigenvalue weighted by atomic mass is 10.1. The van der Waals surface area contributed by atoms with Crippen molar-refractivity contribution in [2.75, 3.05) is 0 Å². The first-order valence-corrected chi connectivity index (χ1v) is 7.10. The monoisotopic (exact) mass is 290 g/mol. The lowest BCUT2D eigenvalue weighted by molar-refractivity contribution is 0.241. The van der Waals surface area contributed by atoms with E-state index in [1.54, 1.807) is 6.20 Å². The fourth-order valence-electron chi connectivity index (χ4n) is 1.59. The Kier molecular flexibility index (Phi) is 4.90. The lowest BCUT2D eigenvalue weighted by Crippen LogP contribution is -2.35. The molecule has 0 atom stereocenters. The predicted molar refractivity (Wildman–Crippen MR) is 78.8 cm³/mol. The Morgan fingerprint density at radius 2 is 2.10 bits per heavy atom. The smallest absolute Gasteiger partial charge is 0.264 e. The van der Waals surface area contributed by atoms with Crippen molar-refractivity contribution in [3.8, 4) is 5.75 Å². The third-order valence-corrected chi connectivity index (χ3v) is 2.79. The largest absolute Gasteiger partial charge is 0.482 e. The third kappa shape index (κ3) is 5.15. The molecule has 0 aliphatic carbocycles. The van der Waals surface area contributed by atoms with Crippen molar-refractivity contribution in [3.63, 3.8) is 0 Å². The molecule has 0 spiro atoms. The minimum absolute atomic E-state index is 0.0752. The number of ether oxygens (including phenoxy) is 1. The zero-order valence-electron chi connectivity index (χ0n) is 13.0. The molecular weight excluding hydrogens is 268 g/mol. The number of aromatic nitrogens is 3. The van der Waals surface area contributed by atoms with E-state index in [9.17, 15) is 0 Å². The van der Waals surface area contributed by atoms with Crippen LogP contribution in [0.1, 0.15) is 45.1 Å². The van der Waals surface area contributed by atoms with Gasteiger partial charge in [0.2, 0.25) is 0 Å². The molecule has 21 heavy (non-hydrogen) atoms. The normalized spacial score (nSPS) is 11.6. The average molecular weight is 290 g/mol. The van der Waals surface area contributed by atoms with Gasteiger partial charge >= 0.3 is 0 Å². The Morgan fingerprint density at radius 3 is 2.67 bits per heavy atom. The van der Waals surface area contributed by atoms with E-state index < -0.39 is 0 Å². The molecule has 0 saturated heterocycles. The van der Waals surface area contributed by atoms with Crippen LogP contribution in [0.3, 0.4) is 0 Å². The summed E-state index contributed by atoms with van der Waals surface area (Å²) in [6.45, 7) is 9.34. The van der Waals surface area contributed by atoms with Gasteiger partial charge in [-0.25, -0.2) is 0 Å². The minimum Gasteiger partial charge on any atom is -0.482 e. The van der Waals surface area contributed by atoms with Gasteiger partial charge in [0.15, 0.2) is 12.4 Å². The number of pyridine rings is 1. The molecule has 114 valence electrons. The van der Waals surface area contributed by atoms with Gasteiger partial charge in [0, 0.05) is 18.5 Å². The van der Waals surface area contributed by atoms with Crippen LogP contribution in [0.15, 0.2) is 22.9 Å². The highest BCUT2D eigenvalue weighted by atomic mass is 16.5. The van der Waals surface area contributed by atoms with Crippen molar-refractivity contribution < 1.29 is 9.26 Å². The summed E-state index contributed by atoms with van der Waals surface area (Å²) in [7, 11) is 0. The van der Waals surface area contributed by atoms with Crippen molar-refractivity contribution in [2.24, 2.45) is 0 Å². The zero-order valence-corrected chi connectivity index (χ0v) is 13.0. The second-order valence-corrected chi connectivity index (χ2v) is 5.84. The summed E-state index contributed by atoms with van der Waals surface area (Å²) in [5.74, 6) is 1.85. The summed E-state index contributed by atoms with van der Waals surface area (Å²) in [6.07, 6.45) is 2.46. The van der Waals surface area contributed by atoms with Crippen LogP contribution in [0.4, 0.5) is 0 Å². The molecule has 1 N–H and O–H groups in total. The van der Waals surface area contributed by atoms with E-state index in [-0.39, 0.29) is 12.1 Å². The zero-order chi connectivity index (χ0) is 15.3. The van der Waals surface area contributed by atoms with E-state index >= 15 is 0 Å². The average Bonchev–Trinajstić information content (AvgIpc) is 2.91.